The fourth-order valence-corrected chi connectivity index (χ4v) is 2.31. The molecule has 0 radical (unpaired) electrons. The molecule has 4 atom stereocenters. The topological polar surface area (TPSA) is 127 Å². The number of nitrogen functional groups attached to an aromatic ring is 1. The zero-order valence-corrected chi connectivity index (χ0v) is 9.92. The predicted molar refractivity (Wildman–Crippen MR) is 64.9 cm³/mol. The van der Waals surface area contributed by atoms with Gasteiger partial charge in [-0.05, 0) is 6.07 Å². The second-order valence-corrected chi connectivity index (χ2v) is 4.45. The Bertz CT molecular complexity index is 601. The summed E-state index contributed by atoms with van der Waals surface area (Å²) >= 11 is 0. The van der Waals surface area contributed by atoms with Gasteiger partial charge in [0.2, 0.25) is 0 Å². The number of aromatic nitrogens is 3. The Morgan fingerprint density at radius 3 is 2.79 bits per heavy atom. The van der Waals surface area contributed by atoms with Gasteiger partial charge in [0.05, 0.1) is 12.0 Å². The average molecular weight is 266 g/mol. The molecule has 1 aliphatic heterocycles. The molecule has 3 heterocycles. The van der Waals surface area contributed by atoms with Crippen LogP contribution in [0.25, 0.3) is 11.0 Å². The molecule has 1 fully saturated rings. The van der Waals surface area contributed by atoms with Crippen LogP contribution < -0.4 is 5.73 Å². The maximum absolute atomic E-state index is 9.98. The molecule has 0 amide bonds. The molecule has 1 unspecified atom stereocenters. The zero-order chi connectivity index (χ0) is 13.6. The van der Waals surface area contributed by atoms with E-state index in [9.17, 15) is 10.2 Å². The number of nitrogens with two attached hydrogens (primary N) is 1. The molecule has 1 saturated heterocycles. The van der Waals surface area contributed by atoms with Crippen molar-refractivity contribution >= 4 is 16.9 Å². The van der Waals surface area contributed by atoms with Gasteiger partial charge in [0, 0.05) is 6.20 Å². The molecular formula is C11H14N4O4. The van der Waals surface area contributed by atoms with Gasteiger partial charge in [-0.2, -0.15) is 0 Å². The Morgan fingerprint density at radius 2 is 2.11 bits per heavy atom. The first-order chi connectivity index (χ1) is 9.13. The second-order valence-electron chi connectivity index (χ2n) is 4.45. The van der Waals surface area contributed by atoms with Crippen molar-refractivity contribution in [2.75, 3.05) is 12.3 Å². The van der Waals surface area contributed by atoms with Crippen molar-refractivity contribution in [3.05, 3.63) is 18.6 Å². The smallest absolute Gasteiger partial charge is 0.164 e. The molecule has 8 nitrogen and oxygen atoms in total. The Morgan fingerprint density at radius 1 is 1.32 bits per heavy atom. The van der Waals surface area contributed by atoms with E-state index >= 15 is 0 Å². The molecule has 2 aromatic heterocycles. The Labute approximate surface area is 108 Å². The summed E-state index contributed by atoms with van der Waals surface area (Å²) in [6.45, 7) is -0.370. The average Bonchev–Trinajstić information content (AvgIpc) is 2.94. The Hall–Kier alpha value is -1.74. The van der Waals surface area contributed by atoms with Gasteiger partial charge < -0.3 is 30.4 Å². The van der Waals surface area contributed by atoms with Gasteiger partial charge in [0.1, 0.15) is 36.1 Å². The third-order valence-electron chi connectivity index (χ3n) is 3.33. The monoisotopic (exact) mass is 266 g/mol. The first kappa shape index (κ1) is 12.3. The number of anilines is 1. The fourth-order valence-electron chi connectivity index (χ4n) is 2.31. The molecule has 8 heteroatoms. The highest BCUT2D eigenvalue weighted by Gasteiger charge is 2.43. The maximum atomic E-state index is 9.98. The first-order valence-electron chi connectivity index (χ1n) is 5.83. The van der Waals surface area contributed by atoms with Crippen LogP contribution in [0, 0.1) is 0 Å². The van der Waals surface area contributed by atoms with E-state index in [-0.39, 0.29) is 6.61 Å². The van der Waals surface area contributed by atoms with Crippen LogP contribution in [-0.4, -0.2) is 54.8 Å². The van der Waals surface area contributed by atoms with Crippen LogP contribution in [0.1, 0.15) is 6.23 Å². The molecule has 0 aliphatic carbocycles. The molecule has 19 heavy (non-hydrogen) atoms. The lowest BCUT2D eigenvalue weighted by Crippen LogP contribution is -2.33. The first-order valence-corrected chi connectivity index (χ1v) is 5.83. The normalized spacial score (nSPS) is 31.1. The lowest BCUT2D eigenvalue weighted by Gasteiger charge is -2.17. The number of aliphatic hydroxyl groups excluding tert-OH is 3. The van der Waals surface area contributed by atoms with Crippen molar-refractivity contribution in [3.63, 3.8) is 0 Å². The van der Waals surface area contributed by atoms with Gasteiger partial charge in [-0.1, -0.05) is 0 Å². The minimum absolute atomic E-state index is 0.329. The van der Waals surface area contributed by atoms with Crippen LogP contribution in [0.5, 0.6) is 0 Å². The Balaban J connectivity index is 2.04. The minimum Gasteiger partial charge on any atom is -0.394 e. The number of hydrogen-bond donors (Lipinski definition) is 4. The summed E-state index contributed by atoms with van der Waals surface area (Å²) < 4.78 is 7.01. The molecule has 1 aliphatic rings. The van der Waals surface area contributed by atoms with Crippen molar-refractivity contribution in [2.45, 2.75) is 24.5 Å². The molecule has 0 aromatic carbocycles. The molecule has 0 saturated carbocycles. The fraction of sp³-hybridized carbons (Fsp3) is 0.455. The Kier molecular flexibility index (Phi) is 2.86. The lowest BCUT2D eigenvalue weighted by atomic mass is 10.1. The van der Waals surface area contributed by atoms with E-state index in [0.717, 1.165) is 0 Å². The number of rotatable bonds is 2. The molecule has 3 rings (SSSR count). The summed E-state index contributed by atoms with van der Waals surface area (Å²) in [7, 11) is 0. The van der Waals surface area contributed by atoms with Crippen LogP contribution in [-0.2, 0) is 4.74 Å². The lowest BCUT2D eigenvalue weighted by molar-refractivity contribution is -0.0508. The summed E-state index contributed by atoms with van der Waals surface area (Å²) in [5.74, 6) is 0.329. The van der Waals surface area contributed by atoms with Crippen LogP contribution >= 0.6 is 0 Å². The number of hydrogen-bond acceptors (Lipinski definition) is 7. The van der Waals surface area contributed by atoms with E-state index in [2.05, 4.69) is 9.97 Å². The molecule has 0 bridgehead atoms. The highest BCUT2D eigenvalue weighted by molar-refractivity contribution is 5.86. The number of fused-ring (bicyclic) bond motifs is 1. The number of ether oxygens (including phenoxy) is 1. The molecule has 5 N–H and O–H groups in total. The van der Waals surface area contributed by atoms with E-state index < -0.39 is 24.5 Å². The third-order valence-corrected chi connectivity index (χ3v) is 3.33. The largest absolute Gasteiger partial charge is 0.394 e. The van der Waals surface area contributed by atoms with Gasteiger partial charge in [-0.3, -0.25) is 0 Å². The molecule has 2 aromatic rings. The molecule has 102 valence electrons. The number of aliphatic hydroxyl groups is 3. The van der Waals surface area contributed by atoms with E-state index in [1.165, 1.54) is 6.33 Å². The van der Waals surface area contributed by atoms with E-state index in [4.69, 9.17) is 15.6 Å². The highest BCUT2D eigenvalue weighted by Crippen LogP contribution is 2.32. The molecular weight excluding hydrogens is 252 g/mol. The zero-order valence-electron chi connectivity index (χ0n) is 9.92. The number of nitrogens with zero attached hydrogens (tertiary/aromatic N) is 3. The van der Waals surface area contributed by atoms with Crippen LogP contribution in [0.4, 0.5) is 5.82 Å². The van der Waals surface area contributed by atoms with E-state index in [1.807, 2.05) is 0 Å². The van der Waals surface area contributed by atoms with Crippen molar-refractivity contribution in [1.82, 2.24) is 14.5 Å². The van der Waals surface area contributed by atoms with Crippen molar-refractivity contribution in [3.8, 4) is 0 Å². The summed E-state index contributed by atoms with van der Waals surface area (Å²) in [5, 5.41) is 29.4. The van der Waals surface area contributed by atoms with E-state index in [1.54, 1.807) is 16.8 Å². The van der Waals surface area contributed by atoms with Gasteiger partial charge >= 0.3 is 0 Å². The van der Waals surface area contributed by atoms with Gasteiger partial charge in [-0.25, -0.2) is 9.97 Å². The van der Waals surface area contributed by atoms with Crippen LogP contribution in [0.15, 0.2) is 18.6 Å². The summed E-state index contributed by atoms with van der Waals surface area (Å²) in [6, 6.07) is 1.71. The summed E-state index contributed by atoms with van der Waals surface area (Å²) in [5.41, 5.74) is 6.23. The predicted octanol–water partition coefficient (Wildman–Crippen LogP) is -1.38. The highest BCUT2D eigenvalue weighted by atomic mass is 16.6. The minimum atomic E-state index is -1.15. The standard InChI is InChI=1S/C11H14N4O4/c12-9-5-1-2-15(10(5)14-4-13-9)11-8(18)7(17)6(3-16)19-11/h1-2,4,6-8,11,16-18H,3H2,(H2,12,13,14)/t6-,7?,8+,11-/m1/s1. The van der Waals surface area contributed by atoms with E-state index in [0.29, 0.717) is 16.9 Å². The van der Waals surface area contributed by atoms with Crippen molar-refractivity contribution in [1.29, 1.82) is 0 Å². The molecule has 0 spiro atoms. The summed E-state index contributed by atoms with van der Waals surface area (Å²) in [4.78, 5) is 7.97. The van der Waals surface area contributed by atoms with Crippen LogP contribution in [0.2, 0.25) is 0 Å². The van der Waals surface area contributed by atoms with Gasteiger partial charge in [0.25, 0.3) is 0 Å². The van der Waals surface area contributed by atoms with Crippen molar-refractivity contribution < 1.29 is 20.1 Å². The second kappa shape index (κ2) is 4.42. The quantitative estimate of drug-likeness (QED) is 0.528. The maximum Gasteiger partial charge on any atom is 0.164 e. The summed E-state index contributed by atoms with van der Waals surface area (Å²) in [6.07, 6.45) is -0.975. The van der Waals surface area contributed by atoms with Crippen molar-refractivity contribution in [2.24, 2.45) is 0 Å². The van der Waals surface area contributed by atoms with Crippen LogP contribution in [0.3, 0.4) is 0 Å². The third kappa shape index (κ3) is 1.77. The SMILES string of the molecule is Nc1ncnc2c1ccn2[C@@H]1O[C@H](CO)C(O)[C@@H]1O. The van der Waals surface area contributed by atoms with Gasteiger partial charge in [-0.15, -0.1) is 0 Å². The van der Waals surface area contributed by atoms with Gasteiger partial charge in [0.15, 0.2) is 6.23 Å².